The lowest BCUT2D eigenvalue weighted by atomic mass is 10.1. The van der Waals surface area contributed by atoms with Crippen LogP contribution in [-0.4, -0.2) is 15.7 Å². The number of nitrogens with one attached hydrogen (secondary N) is 1. The molecule has 3 rings (SSSR count). The first-order chi connectivity index (χ1) is 11.2. The van der Waals surface area contributed by atoms with Crippen molar-refractivity contribution in [2.45, 2.75) is 6.54 Å². The second kappa shape index (κ2) is 6.64. The van der Waals surface area contributed by atoms with Gasteiger partial charge in [0.25, 0.3) is 5.91 Å². The summed E-state index contributed by atoms with van der Waals surface area (Å²) in [6.45, 7) is 0.451. The Labute approximate surface area is 138 Å². The first-order valence-electron chi connectivity index (χ1n) is 7.06. The van der Waals surface area contributed by atoms with Gasteiger partial charge in [0.1, 0.15) is 5.69 Å². The number of halogens is 1. The molecule has 0 aliphatic carbocycles. The highest BCUT2D eigenvalue weighted by Crippen LogP contribution is 2.20. The zero-order valence-electron chi connectivity index (χ0n) is 12.2. The number of benzene rings is 2. The molecule has 0 spiro atoms. The van der Waals surface area contributed by atoms with Gasteiger partial charge >= 0.3 is 0 Å². The van der Waals surface area contributed by atoms with Crippen LogP contribution in [-0.2, 0) is 6.54 Å². The summed E-state index contributed by atoms with van der Waals surface area (Å²) in [6.07, 6.45) is 0. The van der Waals surface area contributed by atoms with Crippen molar-refractivity contribution in [2.75, 3.05) is 0 Å². The smallest absolute Gasteiger partial charge is 0.283 e. The van der Waals surface area contributed by atoms with Gasteiger partial charge in [0, 0.05) is 10.6 Å². The van der Waals surface area contributed by atoms with Crippen LogP contribution in [0.3, 0.4) is 0 Å². The van der Waals surface area contributed by atoms with Crippen LogP contribution in [0.1, 0.15) is 16.1 Å². The Morgan fingerprint density at radius 1 is 1.13 bits per heavy atom. The second-order valence-corrected chi connectivity index (χ2v) is 5.47. The molecule has 2 aromatic carbocycles. The molecule has 1 aromatic heterocycles. The van der Waals surface area contributed by atoms with Gasteiger partial charge in [-0.2, -0.15) is 5.10 Å². The van der Waals surface area contributed by atoms with E-state index in [1.165, 1.54) is 0 Å². The maximum Gasteiger partial charge on any atom is 0.283 e. The highest BCUT2D eigenvalue weighted by atomic mass is 35.5. The minimum Gasteiger partial charge on any atom is -0.289 e. The predicted molar refractivity (Wildman–Crippen MR) is 89.9 cm³/mol. The van der Waals surface area contributed by atoms with Gasteiger partial charge < -0.3 is 0 Å². The molecule has 0 atom stereocenters. The van der Waals surface area contributed by atoms with Gasteiger partial charge in [0.15, 0.2) is 0 Å². The van der Waals surface area contributed by atoms with E-state index in [4.69, 9.17) is 17.4 Å². The van der Waals surface area contributed by atoms with E-state index in [2.05, 4.69) is 10.5 Å². The predicted octanol–water partition coefficient (Wildman–Crippen LogP) is 2.86. The van der Waals surface area contributed by atoms with Crippen LogP contribution < -0.4 is 11.3 Å². The van der Waals surface area contributed by atoms with Crippen molar-refractivity contribution in [3.8, 4) is 11.3 Å². The summed E-state index contributed by atoms with van der Waals surface area (Å²) < 4.78 is 1.63. The van der Waals surface area contributed by atoms with Crippen LogP contribution in [0.5, 0.6) is 0 Å². The molecule has 1 amide bonds. The Bertz CT molecular complexity index is 812. The molecule has 0 unspecified atom stereocenters. The highest BCUT2D eigenvalue weighted by molar-refractivity contribution is 6.30. The number of hydrogen-bond donors (Lipinski definition) is 2. The van der Waals surface area contributed by atoms with Crippen LogP contribution >= 0.6 is 11.6 Å². The Morgan fingerprint density at radius 3 is 2.48 bits per heavy atom. The van der Waals surface area contributed by atoms with E-state index in [-0.39, 0.29) is 5.91 Å². The standard InChI is InChI=1S/C17H15ClN4O/c18-14-8-6-12(7-9-14)11-22-16(17(23)20-19)10-15(21-22)13-4-2-1-3-5-13/h1-10H,11,19H2,(H,20,23). The Kier molecular flexibility index (Phi) is 4.41. The van der Waals surface area contributed by atoms with Crippen molar-refractivity contribution in [1.29, 1.82) is 0 Å². The zero-order chi connectivity index (χ0) is 16.2. The summed E-state index contributed by atoms with van der Waals surface area (Å²) in [7, 11) is 0. The summed E-state index contributed by atoms with van der Waals surface area (Å²) in [5.41, 5.74) is 5.21. The molecule has 0 bridgehead atoms. The third-order valence-corrected chi connectivity index (χ3v) is 3.71. The monoisotopic (exact) mass is 326 g/mol. The van der Waals surface area contributed by atoms with E-state index in [0.717, 1.165) is 16.8 Å². The van der Waals surface area contributed by atoms with Gasteiger partial charge in [-0.15, -0.1) is 0 Å². The molecule has 0 aliphatic heterocycles. The summed E-state index contributed by atoms with van der Waals surface area (Å²) in [6, 6.07) is 18.8. The lowest BCUT2D eigenvalue weighted by Gasteiger charge is -2.06. The quantitative estimate of drug-likeness (QED) is 0.440. The second-order valence-electron chi connectivity index (χ2n) is 5.04. The van der Waals surface area contributed by atoms with Crippen molar-refractivity contribution >= 4 is 17.5 Å². The SMILES string of the molecule is NNC(=O)c1cc(-c2ccccc2)nn1Cc1ccc(Cl)cc1. The first-order valence-corrected chi connectivity index (χ1v) is 7.44. The number of nitrogens with zero attached hydrogens (tertiary/aromatic N) is 2. The lowest BCUT2D eigenvalue weighted by Crippen LogP contribution is -2.32. The third-order valence-electron chi connectivity index (χ3n) is 3.46. The summed E-state index contributed by atoms with van der Waals surface area (Å²) in [4.78, 5) is 12.0. The molecule has 3 aromatic rings. The van der Waals surface area contributed by atoms with E-state index in [1.807, 2.05) is 42.5 Å². The minimum atomic E-state index is -0.381. The Hall–Kier alpha value is -2.63. The van der Waals surface area contributed by atoms with Gasteiger partial charge in [0.2, 0.25) is 0 Å². The molecule has 5 nitrogen and oxygen atoms in total. The normalized spacial score (nSPS) is 10.5. The summed E-state index contributed by atoms with van der Waals surface area (Å²) in [5.74, 6) is 4.90. The number of nitrogen functional groups attached to an aromatic ring is 1. The maximum absolute atomic E-state index is 12.0. The van der Waals surface area contributed by atoms with Crippen LogP contribution in [0.2, 0.25) is 5.02 Å². The maximum atomic E-state index is 12.0. The topological polar surface area (TPSA) is 72.9 Å². The van der Waals surface area contributed by atoms with Gasteiger partial charge in [-0.25, -0.2) is 5.84 Å². The average Bonchev–Trinajstić information content (AvgIpc) is 3.01. The van der Waals surface area contributed by atoms with Gasteiger partial charge in [-0.05, 0) is 23.8 Å². The average molecular weight is 327 g/mol. The Balaban J connectivity index is 1.98. The fourth-order valence-electron chi connectivity index (χ4n) is 2.31. The fourth-order valence-corrected chi connectivity index (χ4v) is 2.43. The van der Waals surface area contributed by atoms with E-state index in [0.29, 0.717) is 17.3 Å². The summed E-state index contributed by atoms with van der Waals surface area (Å²) >= 11 is 5.90. The molecule has 0 saturated carbocycles. The van der Waals surface area contributed by atoms with E-state index < -0.39 is 0 Å². The van der Waals surface area contributed by atoms with Crippen molar-refractivity contribution in [2.24, 2.45) is 5.84 Å². The molecular weight excluding hydrogens is 312 g/mol. The highest BCUT2D eigenvalue weighted by Gasteiger charge is 2.15. The first kappa shape index (κ1) is 15.3. The van der Waals surface area contributed by atoms with Crippen molar-refractivity contribution < 1.29 is 4.79 Å². The number of nitrogens with two attached hydrogens (primary N) is 1. The molecule has 0 fully saturated rings. The van der Waals surface area contributed by atoms with Crippen molar-refractivity contribution in [3.05, 3.63) is 76.9 Å². The largest absolute Gasteiger partial charge is 0.289 e. The number of carbonyl (C=O) groups is 1. The molecular formula is C17H15ClN4O. The van der Waals surface area contributed by atoms with Crippen LogP contribution in [0.25, 0.3) is 11.3 Å². The molecule has 116 valence electrons. The van der Waals surface area contributed by atoms with E-state index in [9.17, 15) is 4.79 Å². The van der Waals surface area contributed by atoms with Gasteiger partial charge in [-0.3, -0.25) is 14.9 Å². The lowest BCUT2D eigenvalue weighted by molar-refractivity contribution is 0.0943. The number of hydrogen-bond acceptors (Lipinski definition) is 3. The van der Waals surface area contributed by atoms with Gasteiger partial charge in [-0.1, -0.05) is 54.1 Å². The van der Waals surface area contributed by atoms with E-state index in [1.54, 1.807) is 22.9 Å². The third kappa shape index (κ3) is 3.41. The number of rotatable bonds is 4. The number of amides is 1. The number of hydrazine groups is 1. The molecule has 6 heteroatoms. The summed E-state index contributed by atoms with van der Waals surface area (Å²) in [5, 5.41) is 5.20. The van der Waals surface area contributed by atoms with Crippen LogP contribution in [0, 0.1) is 0 Å². The fraction of sp³-hybridized carbons (Fsp3) is 0.0588. The minimum absolute atomic E-state index is 0.381. The van der Waals surface area contributed by atoms with Crippen LogP contribution in [0.4, 0.5) is 0 Å². The molecule has 0 saturated heterocycles. The van der Waals surface area contributed by atoms with Crippen molar-refractivity contribution in [3.63, 3.8) is 0 Å². The molecule has 0 radical (unpaired) electrons. The molecule has 23 heavy (non-hydrogen) atoms. The van der Waals surface area contributed by atoms with Crippen molar-refractivity contribution in [1.82, 2.24) is 15.2 Å². The molecule has 1 heterocycles. The molecule has 0 aliphatic rings. The zero-order valence-corrected chi connectivity index (χ0v) is 13.0. The number of aromatic nitrogens is 2. The van der Waals surface area contributed by atoms with Crippen LogP contribution in [0.15, 0.2) is 60.7 Å². The van der Waals surface area contributed by atoms with E-state index >= 15 is 0 Å². The number of carbonyl (C=O) groups excluding carboxylic acids is 1. The molecule has 3 N–H and O–H groups in total. The van der Waals surface area contributed by atoms with Gasteiger partial charge in [0.05, 0.1) is 12.2 Å². The Morgan fingerprint density at radius 2 is 1.83 bits per heavy atom.